The van der Waals surface area contributed by atoms with E-state index in [-0.39, 0.29) is 23.2 Å². The molecule has 33 heavy (non-hydrogen) atoms. The molecule has 0 bridgehead atoms. The van der Waals surface area contributed by atoms with E-state index < -0.39 is 27.2 Å². The van der Waals surface area contributed by atoms with E-state index >= 15 is 0 Å². The minimum absolute atomic E-state index is 0.0113. The number of hydrogen-bond donors (Lipinski definition) is 1. The van der Waals surface area contributed by atoms with Gasteiger partial charge in [-0.3, -0.25) is 4.79 Å². The summed E-state index contributed by atoms with van der Waals surface area (Å²) < 4.78 is 59.8. The quantitative estimate of drug-likeness (QED) is 0.692. The number of ether oxygens (including phenoxy) is 1. The first kappa shape index (κ1) is 23.8. The lowest BCUT2D eigenvalue weighted by Gasteiger charge is -2.38. The molecule has 6 nitrogen and oxygen atoms in total. The van der Waals surface area contributed by atoms with Crippen molar-refractivity contribution in [2.45, 2.75) is 36.0 Å². The lowest BCUT2D eigenvalue weighted by Crippen LogP contribution is -2.49. The molecule has 2 aliphatic rings. The fourth-order valence-corrected chi connectivity index (χ4v) is 6.20. The van der Waals surface area contributed by atoms with Crippen LogP contribution in [0.4, 0.5) is 8.78 Å². The van der Waals surface area contributed by atoms with Crippen LogP contribution in [0.2, 0.25) is 0 Å². The second-order valence-corrected chi connectivity index (χ2v) is 10.7. The second-order valence-electron chi connectivity index (χ2n) is 8.78. The molecule has 0 aliphatic carbocycles. The van der Waals surface area contributed by atoms with Crippen molar-refractivity contribution in [2.75, 3.05) is 32.8 Å². The lowest BCUT2D eigenvalue weighted by molar-refractivity contribution is -0.126. The Hall–Kier alpha value is -2.36. The average molecular weight is 479 g/mol. The molecule has 2 saturated heterocycles. The molecular formula is C24H28F2N2O4S. The molecule has 2 aromatic rings. The summed E-state index contributed by atoms with van der Waals surface area (Å²) >= 11 is 0. The Bertz CT molecular complexity index is 1090. The van der Waals surface area contributed by atoms with Crippen LogP contribution in [-0.4, -0.2) is 51.5 Å². The number of sulfonamides is 1. The Morgan fingerprint density at radius 1 is 1.09 bits per heavy atom. The summed E-state index contributed by atoms with van der Waals surface area (Å²) in [5.74, 6) is -1.53. The van der Waals surface area contributed by atoms with Gasteiger partial charge in [-0.15, -0.1) is 0 Å². The van der Waals surface area contributed by atoms with Gasteiger partial charge in [-0.25, -0.2) is 17.2 Å². The van der Waals surface area contributed by atoms with Crippen molar-refractivity contribution in [1.29, 1.82) is 0 Å². The van der Waals surface area contributed by atoms with Crippen molar-refractivity contribution in [3.05, 3.63) is 65.7 Å². The van der Waals surface area contributed by atoms with Crippen LogP contribution in [0.25, 0.3) is 0 Å². The molecule has 1 N–H and O–H groups in total. The standard InChI is InChI=1S/C24H28F2N2O4S/c25-20-6-8-22(9-7-20)33(30,31)28-12-2-3-18(16-28)23(29)27-17-24(10-13-32-14-11-24)19-4-1-5-21(26)15-19/h1,4-9,15,18H,2-3,10-14,16-17H2,(H,27,29). The zero-order chi connectivity index (χ0) is 23.5. The molecule has 1 amide bonds. The molecule has 0 spiro atoms. The van der Waals surface area contributed by atoms with Crippen molar-refractivity contribution in [1.82, 2.24) is 9.62 Å². The Balaban J connectivity index is 1.45. The third kappa shape index (κ3) is 5.26. The van der Waals surface area contributed by atoms with E-state index in [1.165, 1.54) is 28.6 Å². The van der Waals surface area contributed by atoms with Gasteiger partial charge >= 0.3 is 0 Å². The fourth-order valence-electron chi connectivity index (χ4n) is 4.68. The molecule has 0 aromatic heterocycles. The van der Waals surface area contributed by atoms with Gasteiger partial charge in [0.25, 0.3) is 0 Å². The van der Waals surface area contributed by atoms with Crippen LogP contribution >= 0.6 is 0 Å². The molecule has 178 valence electrons. The highest BCUT2D eigenvalue weighted by Gasteiger charge is 2.37. The summed E-state index contributed by atoms with van der Waals surface area (Å²) in [6.45, 7) is 1.77. The number of benzene rings is 2. The summed E-state index contributed by atoms with van der Waals surface area (Å²) in [6.07, 6.45) is 2.46. The Kier molecular flexibility index (Phi) is 7.11. The van der Waals surface area contributed by atoms with E-state index in [1.54, 1.807) is 6.07 Å². The minimum Gasteiger partial charge on any atom is -0.381 e. The highest BCUT2D eigenvalue weighted by Crippen LogP contribution is 2.35. The van der Waals surface area contributed by atoms with E-state index in [0.29, 0.717) is 52.0 Å². The van der Waals surface area contributed by atoms with Crippen LogP contribution in [0.3, 0.4) is 0 Å². The van der Waals surface area contributed by atoms with Gasteiger partial charge in [-0.1, -0.05) is 12.1 Å². The van der Waals surface area contributed by atoms with Gasteiger partial charge < -0.3 is 10.1 Å². The Morgan fingerprint density at radius 3 is 2.52 bits per heavy atom. The molecule has 2 fully saturated rings. The van der Waals surface area contributed by atoms with Crippen molar-refractivity contribution in [2.24, 2.45) is 5.92 Å². The minimum atomic E-state index is -3.81. The van der Waals surface area contributed by atoms with Gasteiger partial charge in [0.2, 0.25) is 15.9 Å². The number of carbonyl (C=O) groups excluding carboxylic acids is 1. The molecule has 2 aromatic carbocycles. The number of rotatable bonds is 6. The summed E-state index contributed by atoms with van der Waals surface area (Å²) in [6, 6.07) is 11.1. The SMILES string of the molecule is O=C(NCC1(c2cccc(F)c2)CCOCC1)C1CCCN(S(=O)(=O)c2ccc(F)cc2)C1. The molecule has 1 atom stereocenters. The second kappa shape index (κ2) is 9.87. The van der Waals surface area contributed by atoms with Crippen molar-refractivity contribution >= 4 is 15.9 Å². The van der Waals surface area contributed by atoms with Gasteiger partial charge in [-0.2, -0.15) is 4.31 Å². The number of halogens is 2. The van der Waals surface area contributed by atoms with Gasteiger partial charge in [0.15, 0.2) is 0 Å². The largest absolute Gasteiger partial charge is 0.381 e. The monoisotopic (exact) mass is 478 g/mol. The molecule has 0 radical (unpaired) electrons. The Labute approximate surface area is 193 Å². The maximum absolute atomic E-state index is 13.9. The van der Waals surface area contributed by atoms with Crippen molar-refractivity contribution in [3.8, 4) is 0 Å². The molecule has 2 aliphatic heterocycles. The number of piperidine rings is 1. The van der Waals surface area contributed by atoms with E-state index in [2.05, 4.69) is 5.32 Å². The predicted octanol–water partition coefficient (Wildman–Crippen LogP) is 3.23. The maximum atomic E-state index is 13.9. The molecule has 0 saturated carbocycles. The fraction of sp³-hybridized carbons (Fsp3) is 0.458. The normalized spacial score (nSPS) is 21.5. The van der Waals surface area contributed by atoms with Gasteiger partial charge in [0.1, 0.15) is 11.6 Å². The molecule has 1 unspecified atom stereocenters. The van der Waals surface area contributed by atoms with E-state index in [4.69, 9.17) is 4.74 Å². The highest BCUT2D eigenvalue weighted by molar-refractivity contribution is 7.89. The number of carbonyl (C=O) groups is 1. The van der Waals surface area contributed by atoms with Crippen LogP contribution in [0, 0.1) is 17.6 Å². The van der Waals surface area contributed by atoms with E-state index in [0.717, 1.165) is 17.7 Å². The van der Waals surface area contributed by atoms with Crippen LogP contribution < -0.4 is 5.32 Å². The summed E-state index contributed by atoms with van der Waals surface area (Å²) in [5, 5.41) is 3.01. The van der Waals surface area contributed by atoms with Crippen LogP contribution in [-0.2, 0) is 25.0 Å². The Morgan fingerprint density at radius 2 is 1.82 bits per heavy atom. The topological polar surface area (TPSA) is 75.7 Å². The predicted molar refractivity (Wildman–Crippen MR) is 119 cm³/mol. The van der Waals surface area contributed by atoms with Gasteiger partial charge in [-0.05, 0) is 67.6 Å². The molecular weight excluding hydrogens is 450 g/mol. The maximum Gasteiger partial charge on any atom is 0.243 e. The zero-order valence-electron chi connectivity index (χ0n) is 18.3. The van der Waals surface area contributed by atoms with Gasteiger partial charge in [0, 0.05) is 38.3 Å². The summed E-state index contributed by atoms with van der Waals surface area (Å²) in [7, 11) is -3.81. The molecule has 2 heterocycles. The van der Waals surface area contributed by atoms with Gasteiger partial charge in [0.05, 0.1) is 10.8 Å². The lowest BCUT2D eigenvalue weighted by atomic mass is 9.74. The number of hydrogen-bond acceptors (Lipinski definition) is 4. The van der Waals surface area contributed by atoms with Crippen molar-refractivity contribution < 1.29 is 26.7 Å². The molecule has 9 heteroatoms. The first-order valence-corrected chi connectivity index (χ1v) is 12.6. The first-order chi connectivity index (χ1) is 15.8. The zero-order valence-corrected chi connectivity index (χ0v) is 19.1. The third-order valence-corrected chi connectivity index (χ3v) is 8.57. The first-order valence-electron chi connectivity index (χ1n) is 11.2. The summed E-state index contributed by atoms with van der Waals surface area (Å²) in [5.41, 5.74) is 0.403. The van der Waals surface area contributed by atoms with Crippen molar-refractivity contribution in [3.63, 3.8) is 0 Å². The van der Waals surface area contributed by atoms with Crippen LogP contribution in [0.5, 0.6) is 0 Å². The van der Waals surface area contributed by atoms with Crippen LogP contribution in [0.1, 0.15) is 31.2 Å². The number of amides is 1. The van der Waals surface area contributed by atoms with E-state index in [1.807, 2.05) is 6.07 Å². The number of nitrogens with one attached hydrogen (secondary N) is 1. The smallest absolute Gasteiger partial charge is 0.243 e. The molecule has 4 rings (SSSR count). The average Bonchev–Trinajstić information content (AvgIpc) is 2.83. The highest BCUT2D eigenvalue weighted by atomic mass is 32.2. The van der Waals surface area contributed by atoms with E-state index in [9.17, 15) is 22.0 Å². The third-order valence-electron chi connectivity index (χ3n) is 6.69. The number of nitrogens with zero attached hydrogens (tertiary/aromatic N) is 1. The summed E-state index contributed by atoms with van der Waals surface area (Å²) in [4.78, 5) is 13.1. The van der Waals surface area contributed by atoms with Crippen LogP contribution in [0.15, 0.2) is 53.4 Å².